The largest absolute Gasteiger partial charge is 0.484 e. The molecule has 1 saturated carbocycles. The number of carbonyl (C=O) groups excluding carboxylic acids is 1. The fourth-order valence-corrected chi connectivity index (χ4v) is 3.53. The van der Waals surface area contributed by atoms with Crippen LogP contribution in [0.3, 0.4) is 0 Å². The minimum atomic E-state index is -0.0487. The van der Waals surface area contributed by atoms with Crippen LogP contribution < -0.4 is 20.7 Å². The van der Waals surface area contributed by atoms with E-state index in [1.807, 2.05) is 24.3 Å². The van der Waals surface area contributed by atoms with Crippen LogP contribution in [-0.4, -0.2) is 38.1 Å². The summed E-state index contributed by atoms with van der Waals surface area (Å²) in [5.74, 6) is 1.46. The molecule has 158 valence electrons. The monoisotopic (exact) mass is 528 g/mol. The molecule has 1 fully saturated rings. The number of hydrogen-bond acceptors (Lipinski definition) is 4. The molecule has 6 nitrogen and oxygen atoms in total. The Morgan fingerprint density at radius 1 is 1.17 bits per heavy atom. The highest BCUT2D eigenvalue weighted by molar-refractivity contribution is 14.0. The lowest BCUT2D eigenvalue weighted by Crippen LogP contribution is -2.37. The van der Waals surface area contributed by atoms with E-state index in [9.17, 15) is 4.79 Å². The van der Waals surface area contributed by atoms with Crippen molar-refractivity contribution < 1.29 is 9.53 Å². The van der Waals surface area contributed by atoms with E-state index in [2.05, 4.69) is 40.0 Å². The van der Waals surface area contributed by atoms with Crippen molar-refractivity contribution in [2.24, 2.45) is 4.99 Å². The van der Waals surface area contributed by atoms with E-state index >= 15 is 0 Å². The van der Waals surface area contributed by atoms with Gasteiger partial charge in [-0.15, -0.1) is 35.3 Å². The Morgan fingerprint density at radius 2 is 1.93 bits per heavy atom. The van der Waals surface area contributed by atoms with E-state index in [1.54, 1.807) is 18.4 Å². The second kappa shape index (κ2) is 12.0. The Kier molecular flexibility index (Phi) is 9.72. The molecule has 1 aromatic heterocycles. The molecule has 1 heterocycles. The summed E-state index contributed by atoms with van der Waals surface area (Å²) in [7, 11) is 1.78. The molecular formula is C21H29IN4O2S. The van der Waals surface area contributed by atoms with Gasteiger partial charge in [0.05, 0.1) is 6.54 Å². The molecule has 0 unspecified atom stereocenters. The van der Waals surface area contributed by atoms with Crippen molar-refractivity contribution >= 4 is 47.2 Å². The maximum Gasteiger partial charge on any atom is 0.258 e. The molecule has 1 aromatic carbocycles. The van der Waals surface area contributed by atoms with Crippen LogP contribution in [0.5, 0.6) is 5.75 Å². The van der Waals surface area contributed by atoms with Crippen molar-refractivity contribution in [1.29, 1.82) is 0 Å². The predicted molar refractivity (Wildman–Crippen MR) is 129 cm³/mol. The van der Waals surface area contributed by atoms with Gasteiger partial charge < -0.3 is 20.7 Å². The van der Waals surface area contributed by atoms with Gasteiger partial charge in [0.1, 0.15) is 5.75 Å². The van der Waals surface area contributed by atoms with Crippen LogP contribution in [0.25, 0.3) is 0 Å². The maximum atomic E-state index is 11.7. The summed E-state index contributed by atoms with van der Waals surface area (Å²) in [6.07, 6.45) is 3.05. The summed E-state index contributed by atoms with van der Waals surface area (Å²) < 4.78 is 5.53. The minimum absolute atomic E-state index is 0. The third kappa shape index (κ3) is 8.61. The van der Waals surface area contributed by atoms with E-state index < -0.39 is 0 Å². The first kappa shape index (κ1) is 23.5. The van der Waals surface area contributed by atoms with Crippen LogP contribution >= 0.6 is 35.3 Å². The average molecular weight is 528 g/mol. The summed E-state index contributed by atoms with van der Waals surface area (Å²) in [5.41, 5.74) is 1.20. The molecule has 3 rings (SSSR count). The van der Waals surface area contributed by atoms with E-state index in [0.717, 1.165) is 38.3 Å². The number of aryl methyl sites for hydroxylation is 1. The van der Waals surface area contributed by atoms with Gasteiger partial charge >= 0.3 is 0 Å². The van der Waals surface area contributed by atoms with Crippen LogP contribution in [0.1, 0.15) is 28.2 Å². The van der Waals surface area contributed by atoms with Gasteiger partial charge in [-0.3, -0.25) is 9.79 Å². The van der Waals surface area contributed by atoms with Gasteiger partial charge in [0.25, 0.3) is 5.91 Å². The van der Waals surface area contributed by atoms with E-state index in [0.29, 0.717) is 11.8 Å². The van der Waals surface area contributed by atoms with Crippen molar-refractivity contribution in [3.8, 4) is 5.75 Å². The number of rotatable bonds is 9. The van der Waals surface area contributed by atoms with Gasteiger partial charge in [0.2, 0.25) is 0 Å². The van der Waals surface area contributed by atoms with Crippen LogP contribution in [0.15, 0.2) is 41.4 Å². The van der Waals surface area contributed by atoms with E-state index in [1.165, 1.54) is 15.3 Å². The van der Waals surface area contributed by atoms with Crippen molar-refractivity contribution in [1.82, 2.24) is 16.0 Å². The second-order valence-electron chi connectivity index (χ2n) is 6.89. The van der Waals surface area contributed by atoms with Gasteiger partial charge in [0.15, 0.2) is 12.6 Å². The molecule has 0 saturated heterocycles. The van der Waals surface area contributed by atoms with Crippen molar-refractivity contribution in [2.75, 3.05) is 20.2 Å². The Hall–Kier alpha value is -1.81. The highest BCUT2D eigenvalue weighted by Gasteiger charge is 2.23. The number of thiophene rings is 1. The lowest BCUT2D eigenvalue weighted by molar-refractivity contribution is -0.123. The third-order valence-electron chi connectivity index (χ3n) is 4.39. The molecular weight excluding hydrogens is 499 g/mol. The number of carbonyl (C=O) groups is 1. The van der Waals surface area contributed by atoms with Gasteiger partial charge in [0, 0.05) is 29.4 Å². The lowest BCUT2D eigenvalue weighted by Gasteiger charge is -2.11. The fourth-order valence-electron chi connectivity index (χ4n) is 2.70. The van der Waals surface area contributed by atoms with Crippen molar-refractivity contribution in [2.45, 2.75) is 38.8 Å². The van der Waals surface area contributed by atoms with Gasteiger partial charge in [-0.2, -0.15) is 0 Å². The summed E-state index contributed by atoms with van der Waals surface area (Å²) in [6.45, 7) is 3.75. The number of hydrogen-bond donors (Lipinski definition) is 3. The summed E-state index contributed by atoms with van der Waals surface area (Å²) >= 11 is 1.79. The topological polar surface area (TPSA) is 74.8 Å². The summed E-state index contributed by atoms with van der Waals surface area (Å²) in [5, 5.41) is 9.58. The molecule has 0 radical (unpaired) electrons. The molecule has 1 aliphatic rings. The second-order valence-corrected chi connectivity index (χ2v) is 8.26. The minimum Gasteiger partial charge on any atom is -0.484 e. The molecule has 1 aliphatic carbocycles. The molecule has 29 heavy (non-hydrogen) atoms. The summed E-state index contributed by atoms with van der Waals surface area (Å²) in [4.78, 5) is 18.5. The van der Waals surface area contributed by atoms with Crippen molar-refractivity contribution in [3.05, 3.63) is 51.7 Å². The van der Waals surface area contributed by atoms with Crippen LogP contribution in [0.2, 0.25) is 0 Å². The smallest absolute Gasteiger partial charge is 0.258 e. The molecule has 1 amide bonds. The normalized spacial score (nSPS) is 13.4. The van der Waals surface area contributed by atoms with Crippen molar-refractivity contribution in [3.63, 3.8) is 0 Å². The SMILES string of the molecule is CN=C(NCCc1ccc(OCC(=O)NC2CC2)cc1)NCc1ccc(C)s1.I. The van der Waals surface area contributed by atoms with Gasteiger partial charge in [-0.1, -0.05) is 12.1 Å². The molecule has 3 N–H and O–H groups in total. The number of guanidine groups is 1. The van der Waals surface area contributed by atoms with Gasteiger partial charge in [-0.25, -0.2) is 0 Å². The lowest BCUT2D eigenvalue weighted by atomic mass is 10.1. The zero-order valence-electron chi connectivity index (χ0n) is 16.9. The van der Waals surface area contributed by atoms with E-state index in [4.69, 9.17) is 4.74 Å². The number of aliphatic imine (C=N–C) groups is 1. The number of nitrogens with zero attached hydrogens (tertiary/aromatic N) is 1. The highest BCUT2D eigenvalue weighted by Crippen LogP contribution is 2.18. The fraction of sp³-hybridized carbons (Fsp3) is 0.429. The quantitative estimate of drug-likeness (QED) is 0.266. The molecule has 0 spiro atoms. The molecule has 0 bridgehead atoms. The van der Waals surface area contributed by atoms with Gasteiger partial charge in [-0.05, 0) is 56.0 Å². The zero-order chi connectivity index (χ0) is 19.8. The van der Waals surface area contributed by atoms with Crippen LogP contribution in [0, 0.1) is 6.92 Å². The first-order chi connectivity index (χ1) is 13.6. The first-order valence-electron chi connectivity index (χ1n) is 9.63. The number of benzene rings is 1. The number of amides is 1. The first-order valence-corrected chi connectivity index (χ1v) is 10.4. The predicted octanol–water partition coefficient (Wildman–Crippen LogP) is 3.24. The maximum absolute atomic E-state index is 11.7. The Morgan fingerprint density at radius 3 is 2.55 bits per heavy atom. The van der Waals surface area contributed by atoms with Crippen LogP contribution in [0.4, 0.5) is 0 Å². The van der Waals surface area contributed by atoms with Crippen LogP contribution in [-0.2, 0) is 17.8 Å². The number of ether oxygens (including phenoxy) is 1. The zero-order valence-corrected chi connectivity index (χ0v) is 20.0. The molecule has 8 heteroatoms. The molecule has 2 aromatic rings. The third-order valence-corrected chi connectivity index (χ3v) is 5.39. The Labute approximate surface area is 193 Å². The number of halogens is 1. The number of nitrogens with one attached hydrogen (secondary N) is 3. The Balaban J connectivity index is 0.00000300. The summed E-state index contributed by atoms with van der Waals surface area (Å²) in [6, 6.07) is 12.5. The molecule has 0 atom stereocenters. The van der Waals surface area contributed by atoms with E-state index in [-0.39, 0.29) is 36.5 Å². The molecule has 0 aliphatic heterocycles. The standard InChI is InChI=1S/C21H28N4O2S.HI/c1-15-3-10-19(28-15)13-24-21(22-2)23-12-11-16-4-8-18(9-5-16)27-14-20(26)25-17-6-7-17;/h3-5,8-10,17H,6-7,11-14H2,1-2H3,(H,25,26)(H2,22,23,24);1H. The average Bonchev–Trinajstić information content (AvgIpc) is 3.42. The highest BCUT2D eigenvalue weighted by atomic mass is 127. The Bertz CT molecular complexity index is 803.